The van der Waals surface area contributed by atoms with Gasteiger partial charge in [0.2, 0.25) is 0 Å². The molecule has 0 aliphatic carbocycles. The average Bonchev–Trinajstić information content (AvgIpc) is 3.07. The highest BCUT2D eigenvalue weighted by atomic mass is 16.5. The molecular formula is C19H21N5O3. The highest BCUT2D eigenvalue weighted by Crippen LogP contribution is 2.27. The summed E-state index contributed by atoms with van der Waals surface area (Å²) in [6, 6.07) is 16.4. The predicted octanol–water partition coefficient (Wildman–Crippen LogP) is 2.18. The Morgan fingerprint density at radius 2 is 1.78 bits per heavy atom. The second-order valence-corrected chi connectivity index (χ2v) is 5.73. The van der Waals surface area contributed by atoms with E-state index in [-0.39, 0.29) is 0 Å². The van der Waals surface area contributed by atoms with Gasteiger partial charge in [0.05, 0.1) is 25.0 Å². The lowest BCUT2D eigenvalue weighted by molar-refractivity contribution is 0.244. The van der Waals surface area contributed by atoms with Gasteiger partial charge in [-0.05, 0) is 48.5 Å². The molecule has 0 unspecified atom stereocenters. The van der Waals surface area contributed by atoms with Crippen LogP contribution in [0.4, 0.5) is 10.6 Å². The van der Waals surface area contributed by atoms with Gasteiger partial charge in [0.1, 0.15) is 23.9 Å². The van der Waals surface area contributed by atoms with Crippen molar-refractivity contribution in [3.63, 3.8) is 0 Å². The molecule has 0 aliphatic rings. The number of methoxy groups -OCH3 is 1. The fraction of sp³-hybridized carbons (Fsp3) is 0.158. The minimum atomic E-state index is -0.571. The van der Waals surface area contributed by atoms with E-state index in [4.69, 9.17) is 20.9 Å². The van der Waals surface area contributed by atoms with Crippen LogP contribution in [-0.4, -0.2) is 36.1 Å². The number of hydrogen-bond acceptors (Lipinski definition) is 5. The van der Waals surface area contributed by atoms with Crippen LogP contribution in [-0.2, 0) is 0 Å². The van der Waals surface area contributed by atoms with Crippen molar-refractivity contribution in [2.24, 2.45) is 5.73 Å². The van der Waals surface area contributed by atoms with Crippen molar-refractivity contribution >= 4 is 11.8 Å². The number of nitrogens with two attached hydrogens (primary N) is 2. The molecule has 0 saturated heterocycles. The van der Waals surface area contributed by atoms with Crippen molar-refractivity contribution < 1.29 is 14.3 Å². The summed E-state index contributed by atoms with van der Waals surface area (Å²) in [7, 11) is 1.62. The summed E-state index contributed by atoms with van der Waals surface area (Å²) in [6.07, 6.45) is 0. The van der Waals surface area contributed by atoms with Gasteiger partial charge in [-0.1, -0.05) is 0 Å². The first-order valence-electron chi connectivity index (χ1n) is 8.33. The summed E-state index contributed by atoms with van der Waals surface area (Å²) in [4.78, 5) is 10.6. The number of nitrogens with zero attached hydrogens (tertiary/aromatic N) is 2. The number of nitrogens with one attached hydrogen (secondary N) is 1. The molecule has 2 aromatic carbocycles. The van der Waals surface area contributed by atoms with Crippen molar-refractivity contribution in [1.29, 1.82) is 0 Å². The van der Waals surface area contributed by atoms with E-state index < -0.39 is 6.03 Å². The largest absolute Gasteiger partial charge is 0.497 e. The Bertz CT molecular complexity index is 904. The lowest BCUT2D eigenvalue weighted by Gasteiger charge is -2.10. The lowest BCUT2D eigenvalue weighted by atomic mass is 10.1. The van der Waals surface area contributed by atoms with Crippen molar-refractivity contribution in [3.05, 3.63) is 54.6 Å². The normalized spacial score (nSPS) is 10.4. The number of carbonyl (C=O) groups excluding carboxylic acids is 1. The third kappa shape index (κ3) is 4.49. The minimum Gasteiger partial charge on any atom is -0.497 e. The van der Waals surface area contributed by atoms with E-state index in [0.29, 0.717) is 24.7 Å². The molecule has 5 N–H and O–H groups in total. The summed E-state index contributed by atoms with van der Waals surface area (Å²) in [5.74, 6) is 1.89. The highest BCUT2D eigenvalue weighted by molar-refractivity contribution is 5.71. The van der Waals surface area contributed by atoms with E-state index in [1.54, 1.807) is 11.8 Å². The number of amides is 2. The molecule has 1 aromatic heterocycles. The molecule has 2 amide bonds. The van der Waals surface area contributed by atoms with Crippen LogP contribution in [0.3, 0.4) is 0 Å². The van der Waals surface area contributed by atoms with Gasteiger partial charge >= 0.3 is 6.03 Å². The third-order valence-electron chi connectivity index (χ3n) is 3.87. The van der Waals surface area contributed by atoms with Gasteiger partial charge in [0, 0.05) is 11.6 Å². The lowest BCUT2D eigenvalue weighted by Crippen LogP contribution is -2.32. The fourth-order valence-electron chi connectivity index (χ4n) is 2.59. The van der Waals surface area contributed by atoms with Crippen LogP contribution in [0, 0.1) is 0 Å². The first-order valence-corrected chi connectivity index (χ1v) is 8.33. The number of anilines is 1. The smallest absolute Gasteiger partial charge is 0.312 e. The molecule has 8 nitrogen and oxygen atoms in total. The molecule has 140 valence electrons. The number of ether oxygens (including phenoxy) is 2. The van der Waals surface area contributed by atoms with Crippen molar-refractivity contribution in [2.75, 3.05) is 26.0 Å². The monoisotopic (exact) mass is 367 g/mol. The number of carbonyl (C=O) groups is 1. The molecule has 0 aliphatic heterocycles. The molecule has 27 heavy (non-hydrogen) atoms. The maximum Gasteiger partial charge on any atom is 0.312 e. The Kier molecular flexibility index (Phi) is 5.46. The molecule has 0 spiro atoms. The molecule has 0 fully saturated rings. The summed E-state index contributed by atoms with van der Waals surface area (Å²) in [5.41, 5.74) is 13.6. The molecule has 1 heterocycles. The molecule has 0 saturated carbocycles. The number of primary amides is 1. The molecule has 0 bridgehead atoms. The van der Waals surface area contributed by atoms with Gasteiger partial charge in [-0.2, -0.15) is 5.10 Å². The Labute approximate surface area is 156 Å². The Morgan fingerprint density at radius 3 is 2.41 bits per heavy atom. The number of benzene rings is 2. The van der Waals surface area contributed by atoms with E-state index in [1.807, 2.05) is 54.6 Å². The van der Waals surface area contributed by atoms with Crippen LogP contribution >= 0.6 is 0 Å². The zero-order valence-corrected chi connectivity index (χ0v) is 14.9. The molecule has 8 heteroatoms. The van der Waals surface area contributed by atoms with Crippen LogP contribution < -0.4 is 26.3 Å². The number of nitrogen functional groups attached to an aromatic ring is 1. The van der Waals surface area contributed by atoms with Gasteiger partial charge in [-0.15, -0.1) is 0 Å². The average molecular weight is 367 g/mol. The molecule has 0 atom stereocenters. The quantitative estimate of drug-likeness (QED) is 0.553. The summed E-state index contributed by atoms with van der Waals surface area (Å²) >= 11 is 0. The first-order chi connectivity index (χ1) is 13.1. The van der Waals surface area contributed by atoms with Crippen LogP contribution in [0.2, 0.25) is 0 Å². The molecular weight excluding hydrogens is 346 g/mol. The summed E-state index contributed by atoms with van der Waals surface area (Å²) in [5, 5.41) is 6.85. The number of aromatic nitrogens is 2. The van der Waals surface area contributed by atoms with E-state index in [2.05, 4.69) is 10.4 Å². The topological polar surface area (TPSA) is 117 Å². The fourth-order valence-corrected chi connectivity index (χ4v) is 2.59. The second kappa shape index (κ2) is 8.13. The zero-order valence-electron chi connectivity index (χ0n) is 14.9. The van der Waals surface area contributed by atoms with Gasteiger partial charge in [-0.25, -0.2) is 9.48 Å². The maximum atomic E-state index is 10.6. The Hall–Kier alpha value is -3.68. The maximum absolute atomic E-state index is 10.6. The van der Waals surface area contributed by atoms with Crippen LogP contribution in [0.1, 0.15) is 0 Å². The van der Waals surface area contributed by atoms with E-state index in [0.717, 1.165) is 22.7 Å². The molecule has 3 aromatic rings. The number of hydrogen-bond donors (Lipinski definition) is 3. The predicted molar refractivity (Wildman–Crippen MR) is 103 cm³/mol. The highest BCUT2D eigenvalue weighted by Gasteiger charge is 2.11. The first kappa shape index (κ1) is 18.1. The van der Waals surface area contributed by atoms with Crippen LogP contribution in [0.5, 0.6) is 11.5 Å². The Morgan fingerprint density at radius 1 is 1.11 bits per heavy atom. The third-order valence-corrected chi connectivity index (χ3v) is 3.87. The molecule has 0 radical (unpaired) electrons. The van der Waals surface area contributed by atoms with Crippen molar-refractivity contribution in [2.45, 2.75) is 0 Å². The summed E-state index contributed by atoms with van der Waals surface area (Å²) < 4.78 is 12.5. The zero-order chi connectivity index (χ0) is 19.2. The van der Waals surface area contributed by atoms with Crippen LogP contribution in [0.25, 0.3) is 16.9 Å². The van der Waals surface area contributed by atoms with E-state index in [1.165, 1.54) is 0 Å². The number of urea groups is 1. The van der Waals surface area contributed by atoms with Gasteiger partial charge < -0.3 is 26.3 Å². The van der Waals surface area contributed by atoms with Gasteiger partial charge in [0.15, 0.2) is 0 Å². The summed E-state index contributed by atoms with van der Waals surface area (Å²) in [6.45, 7) is 0.677. The SMILES string of the molecule is COc1ccc(-n2nc(N)cc2-c2ccc(OCCNC(N)=O)cc2)cc1. The second-order valence-electron chi connectivity index (χ2n) is 5.73. The van der Waals surface area contributed by atoms with E-state index in [9.17, 15) is 4.79 Å². The van der Waals surface area contributed by atoms with Gasteiger partial charge in [-0.3, -0.25) is 0 Å². The standard InChI is InChI=1S/C19H21N5O3/c1-26-15-8-4-14(5-9-15)24-17(12-18(20)23-24)13-2-6-16(7-3-13)27-11-10-22-19(21)25/h2-9,12H,10-11H2,1H3,(H2,20,23)(H3,21,22,25). The van der Waals surface area contributed by atoms with Crippen LogP contribution in [0.15, 0.2) is 54.6 Å². The van der Waals surface area contributed by atoms with Crippen molar-refractivity contribution in [3.8, 4) is 28.4 Å². The van der Waals surface area contributed by atoms with Crippen molar-refractivity contribution in [1.82, 2.24) is 15.1 Å². The number of rotatable bonds is 7. The van der Waals surface area contributed by atoms with E-state index >= 15 is 0 Å². The minimum absolute atomic E-state index is 0.332. The molecule has 3 rings (SSSR count). The van der Waals surface area contributed by atoms with Gasteiger partial charge in [0.25, 0.3) is 0 Å². The Balaban J connectivity index is 1.77.